The molecule has 0 aromatic carbocycles. The van der Waals surface area contributed by atoms with E-state index >= 15 is 0 Å². The molecule has 0 aliphatic heterocycles. The normalized spacial score (nSPS) is 11.5. The zero-order valence-electron chi connectivity index (χ0n) is 13.1. The molecule has 0 amide bonds. The van der Waals surface area contributed by atoms with Gasteiger partial charge in [0.05, 0.1) is 24.1 Å². The molecule has 0 saturated heterocycles. The average molecular weight is 275 g/mol. The van der Waals surface area contributed by atoms with Gasteiger partial charge in [0.1, 0.15) is 0 Å². The molecule has 0 fully saturated rings. The van der Waals surface area contributed by atoms with E-state index in [9.17, 15) is 0 Å². The topological polar surface area (TPSA) is 47.7 Å². The van der Waals surface area contributed by atoms with E-state index in [1.807, 2.05) is 17.8 Å². The summed E-state index contributed by atoms with van der Waals surface area (Å²) in [5.74, 6) is 0. The first kappa shape index (κ1) is 14.8. The summed E-state index contributed by atoms with van der Waals surface area (Å²) in [5.41, 5.74) is 4.76. The number of aryl methyl sites for hydroxylation is 2. The van der Waals surface area contributed by atoms with Crippen molar-refractivity contribution in [3.63, 3.8) is 0 Å². The zero-order valence-corrected chi connectivity index (χ0v) is 13.1. The van der Waals surface area contributed by atoms with Crippen molar-refractivity contribution in [2.75, 3.05) is 0 Å². The Balaban J connectivity index is 2.13. The minimum atomic E-state index is 0.488. The Morgan fingerprint density at radius 1 is 1.25 bits per heavy atom. The van der Waals surface area contributed by atoms with Gasteiger partial charge in [-0.05, 0) is 26.8 Å². The van der Waals surface area contributed by atoms with Crippen LogP contribution in [0.15, 0.2) is 12.3 Å². The fourth-order valence-corrected chi connectivity index (χ4v) is 2.29. The highest BCUT2D eigenvalue weighted by Crippen LogP contribution is 2.11. The van der Waals surface area contributed by atoms with E-state index in [0.717, 1.165) is 25.3 Å². The van der Waals surface area contributed by atoms with Crippen molar-refractivity contribution in [3.05, 3.63) is 34.9 Å². The Morgan fingerprint density at radius 3 is 2.65 bits per heavy atom. The molecule has 110 valence electrons. The highest BCUT2D eigenvalue weighted by atomic mass is 15.3. The molecule has 20 heavy (non-hydrogen) atoms. The van der Waals surface area contributed by atoms with E-state index in [1.54, 1.807) is 0 Å². The molecule has 5 nitrogen and oxygen atoms in total. The summed E-state index contributed by atoms with van der Waals surface area (Å²) >= 11 is 0. The molecule has 2 heterocycles. The highest BCUT2D eigenvalue weighted by molar-refractivity contribution is 5.18. The summed E-state index contributed by atoms with van der Waals surface area (Å²) in [5, 5.41) is 12.4. The maximum Gasteiger partial charge on any atom is 0.0831 e. The number of rotatable bonds is 6. The fourth-order valence-electron chi connectivity index (χ4n) is 2.29. The summed E-state index contributed by atoms with van der Waals surface area (Å²) in [6.07, 6.45) is 1.96. The Bertz CT molecular complexity index is 565. The van der Waals surface area contributed by atoms with Crippen molar-refractivity contribution >= 4 is 0 Å². The molecule has 5 heteroatoms. The monoisotopic (exact) mass is 275 g/mol. The van der Waals surface area contributed by atoms with Crippen LogP contribution in [0.1, 0.15) is 43.4 Å². The Labute approximate surface area is 121 Å². The molecule has 0 aliphatic carbocycles. The van der Waals surface area contributed by atoms with Crippen molar-refractivity contribution < 1.29 is 0 Å². The molecule has 0 saturated carbocycles. The molecular weight excluding hydrogens is 250 g/mol. The van der Waals surface area contributed by atoms with E-state index in [4.69, 9.17) is 0 Å². The number of hydrogen-bond acceptors (Lipinski definition) is 3. The molecule has 2 aromatic rings. The van der Waals surface area contributed by atoms with Crippen LogP contribution in [0, 0.1) is 13.8 Å². The van der Waals surface area contributed by atoms with Crippen LogP contribution in [0.4, 0.5) is 0 Å². The van der Waals surface area contributed by atoms with Gasteiger partial charge < -0.3 is 5.32 Å². The van der Waals surface area contributed by atoms with E-state index in [-0.39, 0.29) is 0 Å². The predicted octanol–water partition coefficient (Wildman–Crippen LogP) is 2.26. The van der Waals surface area contributed by atoms with Gasteiger partial charge in [-0.15, -0.1) is 0 Å². The second kappa shape index (κ2) is 6.22. The summed E-state index contributed by atoms with van der Waals surface area (Å²) < 4.78 is 4.10. The SMILES string of the molecule is CCn1nc(C)cc1Cn1ncc(CNC(C)C)c1C. The van der Waals surface area contributed by atoms with Gasteiger partial charge in [-0.1, -0.05) is 13.8 Å². The third kappa shape index (κ3) is 3.28. The van der Waals surface area contributed by atoms with Gasteiger partial charge in [0, 0.05) is 30.4 Å². The van der Waals surface area contributed by atoms with Crippen LogP contribution >= 0.6 is 0 Å². The van der Waals surface area contributed by atoms with Gasteiger partial charge in [0.25, 0.3) is 0 Å². The van der Waals surface area contributed by atoms with Gasteiger partial charge in [-0.3, -0.25) is 9.36 Å². The first-order valence-corrected chi connectivity index (χ1v) is 7.29. The number of hydrogen-bond donors (Lipinski definition) is 1. The van der Waals surface area contributed by atoms with Crippen LogP contribution in [0.3, 0.4) is 0 Å². The summed E-state index contributed by atoms with van der Waals surface area (Å²) in [4.78, 5) is 0. The molecule has 1 N–H and O–H groups in total. The van der Waals surface area contributed by atoms with Crippen LogP contribution in [-0.2, 0) is 19.6 Å². The van der Waals surface area contributed by atoms with E-state index in [0.29, 0.717) is 6.04 Å². The van der Waals surface area contributed by atoms with Crippen LogP contribution in [0.25, 0.3) is 0 Å². The zero-order chi connectivity index (χ0) is 14.7. The molecule has 2 rings (SSSR count). The fraction of sp³-hybridized carbons (Fsp3) is 0.600. The molecule has 2 aromatic heterocycles. The maximum atomic E-state index is 4.51. The van der Waals surface area contributed by atoms with Crippen molar-refractivity contribution in [1.82, 2.24) is 24.9 Å². The van der Waals surface area contributed by atoms with Gasteiger partial charge in [0.15, 0.2) is 0 Å². The Hall–Kier alpha value is -1.62. The molecular formula is C15H25N5. The Kier molecular flexibility index (Phi) is 4.60. The Morgan fingerprint density at radius 2 is 2.00 bits per heavy atom. The first-order valence-electron chi connectivity index (χ1n) is 7.29. The maximum absolute atomic E-state index is 4.51. The summed E-state index contributed by atoms with van der Waals surface area (Å²) in [6, 6.07) is 2.62. The largest absolute Gasteiger partial charge is 0.310 e. The summed E-state index contributed by atoms with van der Waals surface area (Å²) in [7, 11) is 0. The third-order valence-electron chi connectivity index (χ3n) is 3.50. The first-order chi connectivity index (χ1) is 9.51. The van der Waals surface area contributed by atoms with Crippen LogP contribution in [-0.4, -0.2) is 25.6 Å². The van der Waals surface area contributed by atoms with Gasteiger partial charge in [-0.25, -0.2) is 0 Å². The molecule has 0 unspecified atom stereocenters. The van der Waals surface area contributed by atoms with Crippen molar-refractivity contribution in [2.45, 2.75) is 60.3 Å². The molecule has 0 radical (unpaired) electrons. The van der Waals surface area contributed by atoms with Gasteiger partial charge in [-0.2, -0.15) is 10.2 Å². The van der Waals surface area contributed by atoms with E-state index in [2.05, 4.69) is 54.0 Å². The van der Waals surface area contributed by atoms with Crippen LogP contribution < -0.4 is 5.32 Å². The molecule has 0 atom stereocenters. The van der Waals surface area contributed by atoms with E-state index in [1.165, 1.54) is 17.0 Å². The summed E-state index contributed by atoms with van der Waals surface area (Å²) in [6.45, 7) is 13.1. The number of nitrogens with one attached hydrogen (secondary N) is 1. The smallest absolute Gasteiger partial charge is 0.0831 e. The van der Waals surface area contributed by atoms with Crippen LogP contribution in [0.5, 0.6) is 0 Å². The molecule has 0 bridgehead atoms. The van der Waals surface area contributed by atoms with Gasteiger partial charge >= 0.3 is 0 Å². The lowest BCUT2D eigenvalue weighted by Gasteiger charge is -2.09. The van der Waals surface area contributed by atoms with Crippen molar-refractivity contribution in [2.24, 2.45) is 0 Å². The van der Waals surface area contributed by atoms with Crippen molar-refractivity contribution in [1.29, 1.82) is 0 Å². The standard InChI is InChI=1S/C15H25N5/c1-6-19-15(7-12(4)18-19)10-20-13(5)14(9-17-20)8-16-11(2)3/h7,9,11,16H,6,8,10H2,1-5H3. The minimum absolute atomic E-state index is 0.488. The van der Waals surface area contributed by atoms with E-state index < -0.39 is 0 Å². The number of nitrogens with zero attached hydrogens (tertiary/aromatic N) is 4. The lowest BCUT2D eigenvalue weighted by Crippen LogP contribution is -2.22. The molecule has 0 aliphatic rings. The average Bonchev–Trinajstić information content (AvgIpc) is 2.92. The predicted molar refractivity (Wildman–Crippen MR) is 80.7 cm³/mol. The molecule has 0 spiro atoms. The quantitative estimate of drug-likeness (QED) is 0.879. The lowest BCUT2D eigenvalue weighted by atomic mass is 10.2. The van der Waals surface area contributed by atoms with Gasteiger partial charge in [0.2, 0.25) is 0 Å². The number of aromatic nitrogens is 4. The highest BCUT2D eigenvalue weighted by Gasteiger charge is 2.10. The van der Waals surface area contributed by atoms with Crippen molar-refractivity contribution in [3.8, 4) is 0 Å². The lowest BCUT2D eigenvalue weighted by molar-refractivity contribution is 0.564. The third-order valence-corrected chi connectivity index (χ3v) is 3.50. The second-order valence-corrected chi connectivity index (χ2v) is 5.54. The minimum Gasteiger partial charge on any atom is -0.310 e. The van der Waals surface area contributed by atoms with Crippen LogP contribution in [0.2, 0.25) is 0 Å². The second-order valence-electron chi connectivity index (χ2n) is 5.54.